The Labute approximate surface area is 106 Å². The molecule has 1 aromatic heterocycles. The summed E-state index contributed by atoms with van der Waals surface area (Å²) in [5, 5.41) is 11.2. The lowest BCUT2D eigenvalue weighted by Crippen LogP contribution is -2.41. The molecule has 4 heteroatoms. The molecule has 1 aliphatic heterocycles. The van der Waals surface area contributed by atoms with Crippen molar-refractivity contribution in [2.45, 2.75) is 26.8 Å². The smallest absolute Gasteiger partial charge is 0.307 e. The molecule has 2 unspecified atom stereocenters. The molecule has 1 aliphatic rings. The van der Waals surface area contributed by atoms with E-state index in [1.54, 1.807) is 11.3 Å². The first-order valence-corrected chi connectivity index (χ1v) is 6.92. The second-order valence-electron chi connectivity index (χ2n) is 5.07. The molecule has 1 fully saturated rings. The van der Waals surface area contributed by atoms with Crippen LogP contribution in [0.4, 0.5) is 0 Å². The molecule has 1 aromatic rings. The van der Waals surface area contributed by atoms with Gasteiger partial charge < -0.3 is 5.11 Å². The third kappa shape index (κ3) is 3.07. The SMILES string of the molecule is Cc1sccc1CN1CC(C)CC(C(=O)O)C1. The molecule has 0 aliphatic carbocycles. The standard InChI is InChI=1S/C13H19NO2S/c1-9-5-12(13(15)16)8-14(6-9)7-11-3-4-17-10(11)2/h3-4,9,12H,5-8H2,1-2H3,(H,15,16). The van der Waals surface area contributed by atoms with Crippen LogP contribution in [0.2, 0.25) is 0 Å². The van der Waals surface area contributed by atoms with Gasteiger partial charge in [-0.15, -0.1) is 11.3 Å². The zero-order chi connectivity index (χ0) is 12.4. The fraction of sp³-hybridized carbons (Fsp3) is 0.615. The largest absolute Gasteiger partial charge is 0.481 e. The number of rotatable bonds is 3. The van der Waals surface area contributed by atoms with E-state index in [-0.39, 0.29) is 5.92 Å². The molecule has 2 rings (SSSR count). The van der Waals surface area contributed by atoms with Crippen LogP contribution < -0.4 is 0 Å². The summed E-state index contributed by atoms with van der Waals surface area (Å²) in [5.41, 5.74) is 1.34. The lowest BCUT2D eigenvalue weighted by molar-refractivity contribution is -0.144. The minimum absolute atomic E-state index is 0.197. The van der Waals surface area contributed by atoms with Crippen LogP contribution in [0.25, 0.3) is 0 Å². The Morgan fingerprint density at radius 2 is 2.35 bits per heavy atom. The molecule has 0 bridgehead atoms. The van der Waals surface area contributed by atoms with E-state index in [1.165, 1.54) is 10.4 Å². The van der Waals surface area contributed by atoms with Crippen molar-refractivity contribution in [3.63, 3.8) is 0 Å². The Balaban J connectivity index is 2.01. The van der Waals surface area contributed by atoms with Crippen molar-refractivity contribution in [3.8, 4) is 0 Å². The summed E-state index contributed by atoms with van der Waals surface area (Å²) >= 11 is 1.76. The van der Waals surface area contributed by atoms with E-state index in [1.807, 2.05) is 0 Å². The van der Waals surface area contributed by atoms with Crippen molar-refractivity contribution in [2.75, 3.05) is 13.1 Å². The number of hydrogen-bond acceptors (Lipinski definition) is 3. The Morgan fingerprint density at radius 1 is 1.59 bits per heavy atom. The molecule has 0 radical (unpaired) electrons. The maximum atomic E-state index is 11.1. The van der Waals surface area contributed by atoms with Crippen molar-refractivity contribution in [1.29, 1.82) is 0 Å². The molecular weight excluding hydrogens is 234 g/mol. The lowest BCUT2D eigenvalue weighted by Gasteiger charge is -2.34. The van der Waals surface area contributed by atoms with Gasteiger partial charge in [0.25, 0.3) is 0 Å². The van der Waals surface area contributed by atoms with Gasteiger partial charge in [0, 0.05) is 24.5 Å². The van der Waals surface area contributed by atoms with Crippen molar-refractivity contribution in [1.82, 2.24) is 4.90 Å². The summed E-state index contributed by atoms with van der Waals surface area (Å²) < 4.78 is 0. The predicted molar refractivity (Wildman–Crippen MR) is 69.2 cm³/mol. The Bertz CT molecular complexity index is 402. The first kappa shape index (κ1) is 12.6. The first-order chi connectivity index (χ1) is 8.06. The Hall–Kier alpha value is -0.870. The van der Waals surface area contributed by atoms with E-state index < -0.39 is 5.97 Å². The monoisotopic (exact) mass is 253 g/mol. The number of piperidine rings is 1. The van der Waals surface area contributed by atoms with Gasteiger partial charge in [-0.25, -0.2) is 0 Å². The molecule has 0 aromatic carbocycles. The lowest BCUT2D eigenvalue weighted by atomic mass is 9.90. The van der Waals surface area contributed by atoms with E-state index >= 15 is 0 Å². The summed E-state index contributed by atoms with van der Waals surface area (Å²) in [6.45, 7) is 6.86. The molecule has 1 saturated heterocycles. The fourth-order valence-corrected chi connectivity index (χ4v) is 3.31. The topological polar surface area (TPSA) is 40.5 Å². The summed E-state index contributed by atoms with van der Waals surface area (Å²) in [6.07, 6.45) is 0.814. The highest BCUT2D eigenvalue weighted by Crippen LogP contribution is 2.25. The number of aryl methyl sites for hydroxylation is 1. The number of hydrogen-bond donors (Lipinski definition) is 1. The highest BCUT2D eigenvalue weighted by atomic mass is 32.1. The zero-order valence-electron chi connectivity index (χ0n) is 10.3. The minimum Gasteiger partial charge on any atom is -0.481 e. The molecule has 0 spiro atoms. The van der Waals surface area contributed by atoms with E-state index in [2.05, 4.69) is 30.2 Å². The normalized spacial score (nSPS) is 26.0. The van der Waals surface area contributed by atoms with Crippen LogP contribution in [0.1, 0.15) is 23.8 Å². The number of thiophene rings is 1. The molecule has 2 atom stereocenters. The maximum Gasteiger partial charge on any atom is 0.307 e. The third-order valence-corrected chi connectivity index (χ3v) is 4.33. The molecular formula is C13H19NO2S. The number of carbonyl (C=O) groups is 1. The van der Waals surface area contributed by atoms with Crippen LogP contribution in [-0.4, -0.2) is 29.1 Å². The van der Waals surface area contributed by atoms with Crippen molar-refractivity contribution in [2.24, 2.45) is 11.8 Å². The maximum absolute atomic E-state index is 11.1. The highest BCUT2D eigenvalue weighted by Gasteiger charge is 2.29. The van der Waals surface area contributed by atoms with Gasteiger partial charge in [-0.1, -0.05) is 6.92 Å². The van der Waals surface area contributed by atoms with E-state index in [9.17, 15) is 4.79 Å². The minimum atomic E-state index is -0.649. The van der Waals surface area contributed by atoms with E-state index in [0.29, 0.717) is 12.5 Å². The number of likely N-dealkylation sites (tertiary alicyclic amines) is 1. The molecule has 2 heterocycles. The van der Waals surface area contributed by atoms with Crippen LogP contribution in [0.3, 0.4) is 0 Å². The molecule has 17 heavy (non-hydrogen) atoms. The average molecular weight is 253 g/mol. The van der Waals surface area contributed by atoms with Crippen LogP contribution in [0.15, 0.2) is 11.4 Å². The second kappa shape index (κ2) is 5.19. The number of carboxylic acid groups (broad SMARTS) is 1. The summed E-state index contributed by atoms with van der Waals surface area (Å²) in [5.74, 6) is -0.370. The van der Waals surface area contributed by atoms with Gasteiger partial charge in [-0.2, -0.15) is 0 Å². The molecule has 94 valence electrons. The highest BCUT2D eigenvalue weighted by molar-refractivity contribution is 7.10. The van der Waals surface area contributed by atoms with Crippen molar-refractivity contribution >= 4 is 17.3 Å². The van der Waals surface area contributed by atoms with Gasteiger partial charge in [0.15, 0.2) is 0 Å². The molecule has 0 amide bonds. The van der Waals surface area contributed by atoms with Gasteiger partial charge in [0.2, 0.25) is 0 Å². The van der Waals surface area contributed by atoms with Gasteiger partial charge in [-0.05, 0) is 36.3 Å². The van der Waals surface area contributed by atoms with Gasteiger partial charge in [0.1, 0.15) is 0 Å². The molecule has 0 saturated carbocycles. The predicted octanol–water partition coefficient (Wildman–Crippen LogP) is 2.60. The Kier molecular flexibility index (Phi) is 3.84. The van der Waals surface area contributed by atoms with Crippen LogP contribution in [-0.2, 0) is 11.3 Å². The van der Waals surface area contributed by atoms with E-state index in [0.717, 1.165) is 19.5 Å². The van der Waals surface area contributed by atoms with Crippen LogP contribution in [0, 0.1) is 18.8 Å². The second-order valence-corrected chi connectivity index (χ2v) is 6.19. The number of nitrogens with zero attached hydrogens (tertiary/aromatic N) is 1. The fourth-order valence-electron chi connectivity index (χ4n) is 2.59. The average Bonchev–Trinajstić information content (AvgIpc) is 2.63. The van der Waals surface area contributed by atoms with Gasteiger partial charge in [-0.3, -0.25) is 9.69 Å². The van der Waals surface area contributed by atoms with Crippen LogP contribution >= 0.6 is 11.3 Å². The Morgan fingerprint density at radius 3 is 2.94 bits per heavy atom. The first-order valence-electron chi connectivity index (χ1n) is 6.04. The quantitative estimate of drug-likeness (QED) is 0.900. The summed E-state index contributed by atoms with van der Waals surface area (Å²) in [7, 11) is 0. The van der Waals surface area contributed by atoms with Crippen LogP contribution in [0.5, 0.6) is 0 Å². The molecule has 1 N–H and O–H groups in total. The van der Waals surface area contributed by atoms with Crippen molar-refractivity contribution < 1.29 is 9.90 Å². The zero-order valence-corrected chi connectivity index (χ0v) is 11.2. The van der Waals surface area contributed by atoms with Gasteiger partial charge >= 0.3 is 5.97 Å². The van der Waals surface area contributed by atoms with Gasteiger partial charge in [0.05, 0.1) is 5.92 Å². The van der Waals surface area contributed by atoms with Crippen molar-refractivity contribution in [3.05, 3.63) is 21.9 Å². The number of carboxylic acids is 1. The van der Waals surface area contributed by atoms with E-state index in [4.69, 9.17) is 5.11 Å². The number of aliphatic carboxylic acids is 1. The summed E-state index contributed by atoms with van der Waals surface area (Å²) in [4.78, 5) is 14.7. The third-order valence-electron chi connectivity index (χ3n) is 3.44. The summed E-state index contributed by atoms with van der Waals surface area (Å²) in [6, 6.07) is 2.15. The molecule has 3 nitrogen and oxygen atoms in total.